The number of carbonyl (C=O) groups is 3. The van der Waals surface area contributed by atoms with Crippen molar-refractivity contribution in [3.63, 3.8) is 0 Å². The fourth-order valence-electron chi connectivity index (χ4n) is 10.4. The molecule has 7 atom stereocenters. The predicted molar refractivity (Wildman–Crippen MR) is 237 cm³/mol. The lowest BCUT2D eigenvalue weighted by atomic mass is 9.61. The molecule has 4 aromatic heterocycles. The summed E-state index contributed by atoms with van der Waals surface area (Å²) in [7, 11) is 0. The van der Waals surface area contributed by atoms with Crippen LogP contribution in [0.2, 0.25) is 0 Å². The van der Waals surface area contributed by atoms with Crippen molar-refractivity contribution in [2.45, 2.75) is 122 Å². The molecule has 0 radical (unpaired) electrons. The summed E-state index contributed by atoms with van der Waals surface area (Å²) >= 11 is 0. The molecule has 4 fully saturated rings. The van der Waals surface area contributed by atoms with Crippen molar-refractivity contribution >= 4 is 17.9 Å². The first kappa shape index (κ1) is 43.7. The maximum Gasteiger partial charge on any atom is 0.338 e. The first-order valence-corrected chi connectivity index (χ1v) is 22.6. The zero-order valence-corrected chi connectivity index (χ0v) is 36.6. The van der Waals surface area contributed by atoms with E-state index >= 15 is 0 Å². The number of hydrogen-bond acceptors (Lipinski definition) is 11. The maximum atomic E-state index is 13.5. The molecule has 0 bridgehead atoms. The SMILES string of the molecule is C=C1C(=CC=C2CCC[C@]3(C)[C@@H]([C@H](C)C=C[C@@H](OC(=O)c4ccncc4)C4(c5ncc(CCCC)o5)CC4)CC[C@@H]23)C[C@@H](OC(=O)c2ccncc2)C[C@@H]1OC(=O)c1ccncc1. The van der Waals surface area contributed by atoms with Crippen molar-refractivity contribution in [2.75, 3.05) is 0 Å². The summed E-state index contributed by atoms with van der Waals surface area (Å²) < 4.78 is 24.7. The van der Waals surface area contributed by atoms with Crippen LogP contribution in [0, 0.1) is 23.2 Å². The molecule has 11 nitrogen and oxygen atoms in total. The lowest BCUT2D eigenvalue weighted by Crippen LogP contribution is -2.36. The van der Waals surface area contributed by atoms with Gasteiger partial charge in [0.05, 0.1) is 28.3 Å². The van der Waals surface area contributed by atoms with Crippen molar-refractivity contribution in [1.82, 2.24) is 19.9 Å². The van der Waals surface area contributed by atoms with E-state index in [2.05, 4.69) is 66.6 Å². The summed E-state index contributed by atoms with van der Waals surface area (Å²) in [5.74, 6) is 1.25. The molecule has 0 N–H and O–H groups in total. The van der Waals surface area contributed by atoms with Gasteiger partial charge in [-0.1, -0.05) is 57.6 Å². The molecule has 4 saturated carbocycles. The number of allylic oxidation sites excluding steroid dienone is 4. The van der Waals surface area contributed by atoms with Crippen LogP contribution in [0.15, 0.2) is 132 Å². The average molecular weight is 851 g/mol. The Morgan fingerprint density at radius 3 is 2.13 bits per heavy atom. The van der Waals surface area contributed by atoms with E-state index in [1.807, 2.05) is 6.20 Å². The quantitative estimate of drug-likeness (QED) is 0.0640. The molecular formula is C52H58N4O7. The third-order valence-corrected chi connectivity index (χ3v) is 14.1. The molecule has 0 unspecified atom stereocenters. The first-order valence-electron chi connectivity index (χ1n) is 22.6. The van der Waals surface area contributed by atoms with E-state index in [-0.39, 0.29) is 17.3 Å². The highest BCUT2D eigenvalue weighted by atomic mass is 16.6. The number of unbranched alkanes of at least 4 members (excludes halogenated alkanes) is 1. The second-order valence-electron chi connectivity index (χ2n) is 18.1. The topological polar surface area (TPSA) is 144 Å². The van der Waals surface area contributed by atoms with E-state index < -0.39 is 35.7 Å². The Morgan fingerprint density at radius 1 is 0.857 bits per heavy atom. The molecule has 328 valence electrons. The molecule has 0 aromatic carbocycles. The largest absolute Gasteiger partial charge is 0.458 e. The molecule has 8 rings (SSSR count). The lowest BCUT2D eigenvalue weighted by Gasteiger charge is -2.44. The van der Waals surface area contributed by atoms with E-state index in [1.54, 1.807) is 73.6 Å². The summed E-state index contributed by atoms with van der Waals surface area (Å²) in [6, 6.07) is 9.85. The molecule has 4 aliphatic rings. The number of hydrogen-bond donors (Lipinski definition) is 0. The smallest absolute Gasteiger partial charge is 0.338 e. The molecule has 0 aliphatic heterocycles. The molecule has 11 heteroatoms. The van der Waals surface area contributed by atoms with Crippen LogP contribution in [0.5, 0.6) is 0 Å². The van der Waals surface area contributed by atoms with Crippen molar-refractivity contribution in [1.29, 1.82) is 0 Å². The lowest BCUT2D eigenvalue weighted by molar-refractivity contribution is 0.00210. The van der Waals surface area contributed by atoms with Gasteiger partial charge in [0.15, 0.2) is 0 Å². The van der Waals surface area contributed by atoms with Gasteiger partial charge in [-0.15, -0.1) is 0 Å². The van der Waals surface area contributed by atoms with E-state index in [0.29, 0.717) is 52.8 Å². The second-order valence-corrected chi connectivity index (χ2v) is 18.1. The maximum absolute atomic E-state index is 13.5. The molecule has 63 heavy (non-hydrogen) atoms. The standard InChI is InChI=1S/C52H58N4O7/c1-5-6-9-41-33-56-50(61-41)52(23-24-52)46(63-49(59)39-20-29-55-30-21-39)15-10-34(2)43-13-14-44-36(8-7-22-51(43,44)4)11-12-40-31-42(60-47(57)37-16-25-53-26-17-37)32-45(35(40)3)62-48(58)38-18-27-54-28-19-38/h10-12,15-21,25-30,33-34,42-46H,3,5-9,13-14,22-24,31-32H2,1-2,4H3/t34-,42-,43-,44+,45+,46-,51-/m1/s1. The third-order valence-electron chi connectivity index (χ3n) is 14.1. The van der Waals surface area contributed by atoms with Gasteiger partial charge < -0.3 is 18.6 Å². The zero-order chi connectivity index (χ0) is 44.0. The summed E-state index contributed by atoms with van der Waals surface area (Å²) in [5.41, 5.74) is 3.86. The van der Waals surface area contributed by atoms with Gasteiger partial charge in [-0.2, -0.15) is 0 Å². The van der Waals surface area contributed by atoms with Gasteiger partial charge in [0.2, 0.25) is 5.89 Å². The van der Waals surface area contributed by atoms with E-state index in [1.165, 1.54) is 5.57 Å². The highest BCUT2D eigenvalue weighted by molar-refractivity contribution is 5.90. The molecule has 4 heterocycles. The summed E-state index contributed by atoms with van der Waals surface area (Å²) in [4.78, 5) is 56.8. The number of nitrogens with zero attached hydrogens (tertiary/aromatic N) is 4. The number of fused-ring (bicyclic) bond motifs is 1. The van der Waals surface area contributed by atoms with Crippen LogP contribution in [-0.2, 0) is 26.0 Å². The van der Waals surface area contributed by atoms with Gasteiger partial charge in [-0.05, 0) is 128 Å². The Balaban J connectivity index is 1.01. The van der Waals surface area contributed by atoms with Gasteiger partial charge in [-0.3, -0.25) is 15.0 Å². The fraction of sp³-hybridized carbons (Fsp3) is 0.442. The molecule has 4 aromatic rings. The van der Waals surface area contributed by atoms with Gasteiger partial charge in [-0.25, -0.2) is 19.4 Å². The first-order chi connectivity index (χ1) is 30.6. The summed E-state index contributed by atoms with van der Waals surface area (Å²) in [6.45, 7) is 11.3. The van der Waals surface area contributed by atoms with Gasteiger partial charge in [0.25, 0.3) is 0 Å². The molecule has 4 aliphatic carbocycles. The molecule has 0 spiro atoms. The van der Waals surface area contributed by atoms with E-state index in [4.69, 9.17) is 23.6 Å². The Labute approximate surface area is 370 Å². The number of ether oxygens (including phenoxy) is 3. The van der Waals surface area contributed by atoms with Crippen LogP contribution in [0.3, 0.4) is 0 Å². The van der Waals surface area contributed by atoms with E-state index in [9.17, 15) is 14.4 Å². The van der Waals surface area contributed by atoms with Crippen LogP contribution in [0.1, 0.15) is 134 Å². The second kappa shape index (κ2) is 19.2. The highest BCUT2D eigenvalue weighted by Crippen LogP contribution is 2.60. The number of carbonyl (C=O) groups excluding carboxylic acids is 3. The molecule has 0 amide bonds. The van der Waals surface area contributed by atoms with Gasteiger partial charge in [0, 0.05) is 56.4 Å². The highest BCUT2D eigenvalue weighted by Gasteiger charge is 2.56. The number of oxazole rings is 1. The predicted octanol–water partition coefficient (Wildman–Crippen LogP) is 10.5. The van der Waals surface area contributed by atoms with Crippen LogP contribution in [0.25, 0.3) is 0 Å². The Morgan fingerprint density at radius 2 is 1.49 bits per heavy atom. The van der Waals surface area contributed by atoms with Crippen molar-refractivity contribution in [2.24, 2.45) is 23.2 Å². The van der Waals surface area contributed by atoms with Crippen LogP contribution >= 0.6 is 0 Å². The average Bonchev–Trinajstić information content (AvgIpc) is 3.82. The number of aryl methyl sites for hydroxylation is 1. The van der Waals surface area contributed by atoms with Crippen LogP contribution in [0.4, 0.5) is 0 Å². The number of pyridine rings is 3. The summed E-state index contributed by atoms with van der Waals surface area (Å²) in [6.07, 6.45) is 29.0. The Hall–Kier alpha value is -5.97. The van der Waals surface area contributed by atoms with Crippen LogP contribution in [-0.4, -0.2) is 56.2 Å². The number of esters is 3. The van der Waals surface area contributed by atoms with Crippen molar-refractivity contribution in [3.8, 4) is 0 Å². The number of rotatable bonds is 15. The molecule has 0 saturated heterocycles. The minimum absolute atomic E-state index is 0.0678. The van der Waals surface area contributed by atoms with Crippen LogP contribution < -0.4 is 0 Å². The monoisotopic (exact) mass is 850 g/mol. The summed E-state index contributed by atoms with van der Waals surface area (Å²) in [5, 5.41) is 0. The normalized spacial score (nSPS) is 26.2. The minimum Gasteiger partial charge on any atom is -0.458 e. The fourth-order valence-corrected chi connectivity index (χ4v) is 10.4. The van der Waals surface area contributed by atoms with Gasteiger partial charge >= 0.3 is 17.9 Å². The van der Waals surface area contributed by atoms with Crippen molar-refractivity contribution in [3.05, 3.63) is 156 Å². The number of aromatic nitrogens is 4. The Bertz CT molecular complexity index is 2350. The van der Waals surface area contributed by atoms with E-state index in [0.717, 1.165) is 75.5 Å². The molecular weight excluding hydrogens is 793 g/mol. The minimum atomic E-state index is -0.673. The zero-order valence-electron chi connectivity index (χ0n) is 36.6. The third kappa shape index (κ3) is 9.67. The van der Waals surface area contributed by atoms with Crippen molar-refractivity contribution < 1.29 is 33.0 Å². The van der Waals surface area contributed by atoms with Gasteiger partial charge in [0.1, 0.15) is 24.1 Å². The Kier molecular flexibility index (Phi) is 13.3.